The first kappa shape index (κ1) is 16.6. The van der Waals surface area contributed by atoms with E-state index in [4.69, 9.17) is 5.73 Å². The highest BCUT2D eigenvalue weighted by Crippen LogP contribution is 2.21. The van der Waals surface area contributed by atoms with Crippen LogP contribution in [0.25, 0.3) is 0 Å². The van der Waals surface area contributed by atoms with Gasteiger partial charge in [0.15, 0.2) is 5.96 Å². The van der Waals surface area contributed by atoms with E-state index in [0.29, 0.717) is 0 Å². The normalized spacial score (nSPS) is 25.6. The maximum atomic E-state index is 6.13. The van der Waals surface area contributed by atoms with Gasteiger partial charge in [-0.3, -0.25) is 4.99 Å². The first-order chi connectivity index (χ1) is 10.2. The Kier molecular flexibility index (Phi) is 6.81. The lowest BCUT2D eigenvalue weighted by Crippen LogP contribution is -2.43. The van der Waals surface area contributed by atoms with Gasteiger partial charge in [0.2, 0.25) is 0 Å². The molecule has 21 heavy (non-hydrogen) atoms. The van der Waals surface area contributed by atoms with Crippen molar-refractivity contribution in [1.29, 1.82) is 0 Å². The second-order valence-electron chi connectivity index (χ2n) is 7.06. The highest BCUT2D eigenvalue weighted by Gasteiger charge is 2.18. The number of guanidine groups is 1. The monoisotopic (exact) mass is 294 g/mol. The molecule has 1 heterocycles. The molecule has 0 aromatic carbocycles. The molecule has 1 unspecified atom stereocenters. The molecular weight excluding hydrogens is 260 g/mol. The molecule has 0 bridgehead atoms. The number of hydrogen-bond acceptors (Lipinski definition) is 2. The van der Waals surface area contributed by atoms with E-state index in [2.05, 4.69) is 28.8 Å². The van der Waals surface area contributed by atoms with Crippen LogP contribution >= 0.6 is 0 Å². The summed E-state index contributed by atoms with van der Waals surface area (Å²) in [6, 6.07) is 0.808. The quantitative estimate of drug-likeness (QED) is 0.482. The minimum atomic E-state index is 0.755. The molecule has 0 amide bonds. The number of hydrogen-bond donors (Lipinski definition) is 1. The summed E-state index contributed by atoms with van der Waals surface area (Å²) in [4.78, 5) is 9.39. The third-order valence-corrected chi connectivity index (χ3v) is 5.12. The zero-order valence-electron chi connectivity index (χ0n) is 14.1. The van der Waals surface area contributed by atoms with Crippen molar-refractivity contribution >= 4 is 5.96 Å². The van der Waals surface area contributed by atoms with E-state index >= 15 is 0 Å². The van der Waals surface area contributed by atoms with Gasteiger partial charge in [-0.25, -0.2) is 0 Å². The highest BCUT2D eigenvalue weighted by atomic mass is 15.3. The Morgan fingerprint density at radius 1 is 1.19 bits per heavy atom. The van der Waals surface area contributed by atoms with E-state index < -0.39 is 0 Å². The van der Waals surface area contributed by atoms with Gasteiger partial charge in [0.05, 0.1) is 0 Å². The van der Waals surface area contributed by atoms with Crippen LogP contribution in [0.1, 0.15) is 58.3 Å². The fraction of sp³-hybridized carbons (Fsp3) is 0.941. The Hall–Kier alpha value is -0.770. The van der Waals surface area contributed by atoms with E-state index in [0.717, 1.165) is 50.5 Å². The summed E-state index contributed by atoms with van der Waals surface area (Å²) < 4.78 is 0. The van der Waals surface area contributed by atoms with Gasteiger partial charge in [0, 0.05) is 25.7 Å². The third-order valence-electron chi connectivity index (χ3n) is 5.12. The van der Waals surface area contributed by atoms with Crippen LogP contribution in [0, 0.1) is 5.92 Å². The van der Waals surface area contributed by atoms with Gasteiger partial charge in [0.1, 0.15) is 0 Å². The second-order valence-corrected chi connectivity index (χ2v) is 7.06. The Labute approximate surface area is 130 Å². The minimum Gasteiger partial charge on any atom is -0.370 e. The molecule has 0 aromatic heterocycles. The van der Waals surface area contributed by atoms with Crippen LogP contribution in [-0.4, -0.2) is 55.0 Å². The predicted molar refractivity (Wildman–Crippen MR) is 90.6 cm³/mol. The zero-order valence-corrected chi connectivity index (χ0v) is 14.1. The summed E-state index contributed by atoms with van der Waals surface area (Å²) in [6.45, 7) is 6.49. The first-order valence-corrected chi connectivity index (χ1v) is 8.92. The molecule has 4 nitrogen and oxygen atoms in total. The SMILES string of the molecule is CC1CCCN(C(N)=NCCCN(C)C2CCCCC2)C1. The molecule has 0 aromatic rings. The van der Waals surface area contributed by atoms with Gasteiger partial charge in [-0.05, 0) is 51.6 Å². The lowest BCUT2D eigenvalue weighted by atomic mass is 9.94. The molecule has 4 heteroatoms. The molecule has 2 fully saturated rings. The average Bonchev–Trinajstić information content (AvgIpc) is 2.52. The van der Waals surface area contributed by atoms with Gasteiger partial charge < -0.3 is 15.5 Å². The number of likely N-dealkylation sites (tertiary alicyclic amines) is 1. The predicted octanol–water partition coefficient (Wildman–Crippen LogP) is 2.69. The van der Waals surface area contributed by atoms with Crippen LogP contribution in [0.4, 0.5) is 0 Å². The number of piperidine rings is 1. The van der Waals surface area contributed by atoms with Crippen molar-refractivity contribution in [2.24, 2.45) is 16.6 Å². The highest BCUT2D eigenvalue weighted by molar-refractivity contribution is 5.78. The van der Waals surface area contributed by atoms with Crippen molar-refractivity contribution in [1.82, 2.24) is 9.80 Å². The molecule has 1 aliphatic heterocycles. The van der Waals surface area contributed by atoms with E-state index in [-0.39, 0.29) is 0 Å². The molecule has 1 atom stereocenters. The molecule has 122 valence electrons. The van der Waals surface area contributed by atoms with Gasteiger partial charge >= 0.3 is 0 Å². The largest absolute Gasteiger partial charge is 0.370 e. The van der Waals surface area contributed by atoms with Crippen molar-refractivity contribution in [3.8, 4) is 0 Å². The molecular formula is C17H34N4. The molecule has 2 rings (SSSR count). The summed E-state index contributed by atoms with van der Waals surface area (Å²) >= 11 is 0. The first-order valence-electron chi connectivity index (χ1n) is 8.92. The topological polar surface area (TPSA) is 44.9 Å². The van der Waals surface area contributed by atoms with Crippen LogP contribution in [0.15, 0.2) is 4.99 Å². The van der Waals surface area contributed by atoms with Crippen LogP contribution < -0.4 is 5.73 Å². The Morgan fingerprint density at radius 2 is 1.95 bits per heavy atom. The van der Waals surface area contributed by atoms with Crippen molar-refractivity contribution in [2.75, 3.05) is 33.2 Å². The van der Waals surface area contributed by atoms with E-state index in [1.54, 1.807) is 0 Å². The lowest BCUT2D eigenvalue weighted by Gasteiger charge is -2.32. The number of nitrogens with two attached hydrogens (primary N) is 1. The second kappa shape index (κ2) is 8.62. The van der Waals surface area contributed by atoms with Gasteiger partial charge in [0.25, 0.3) is 0 Å². The number of rotatable bonds is 5. The standard InChI is InChI=1S/C17H34N4/c1-15-8-6-13-21(14-15)17(18)19-11-7-12-20(2)16-9-4-3-5-10-16/h15-16H,3-14H2,1-2H3,(H2,18,19). The van der Waals surface area contributed by atoms with Gasteiger partial charge in [-0.1, -0.05) is 26.2 Å². The van der Waals surface area contributed by atoms with Crippen LogP contribution in [-0.2, 0) is 0 Å². The Bertz CT molecular complexity index is 323. The number of aliphatic imine (C=N–C) groups is 1. The molecule has 1 saturated carbocycles. The van der Waals surface area contributed by atoms with Crippen molar-refractivity contribution in [2.45, 2.75) is 64.3 Å². The molecule has 1 aliphatic carbocycles. The van der Waals surface area contributed by atoms with Crippen molar-refractivity contribution in [3.05, 3.63) is 0 Å². The fourth-order valence-electron chi connectivity index (χ4n) is 3.72. The van der Waals surface area contributed by atoms with Crippen LogP contribution in [0.3, 0.4) is 0 Å². The molecule has 0 radical (unpaired) electrons. The summed E-state index contributed by atoms with van der Waals surface area (Å²) in [5.41, 5.74) is 6.13. The molecule has 2 N–H and O–H groups in total. The van der Waals surface area contributed by atoms with Crippen molar-refractivity contribution in [3.63, 3.8) is 0 Å². The Balaban J connectivity index is 1.64. The fourth-order valence-corrected chi connectivity index (χ4v) is 3.72. The van der Waals surface area contributed by atoms with Gasteiger partial charge in [-0.15, -0.1) is 0 Å². The maximum absolute atomic E-state index is 6.13. The minimum absolute atomic E-state index is 0.755. The van der Waals surface area contributed by atoms with Crippen LogP contribution in [0.5, 0.6) is 0 Å². The van der Waals surface area contributed by atoms with Crippen LogP contribution in [0.2, 0.25) is 0 Å². The summed E-state index contributed by atoms with van der Waals surface area (Å²) in [7, 11) is 2.27. The van der Waals surface area contributed by atoms with E-state index in [1.165, 1.54) is 44.9 Å². The summed E-state index contributed by atoms with van der Waals surface area (Å²) in [5, 5.41) is 0. The van der Waals surface area contributed by atoms with Gasteiger partial charge in [-0.2, -0.15) is 0 Å². The molecule has 1 saturated heterocycles. The zero-order chi connectivity index (χ0) is 15.1. The van der Waals surface area contributed by atoms with E-state index in [9.17, 15) is 0 Å². The van der Waals surface area contributed by atoms with E-state index in [1.807, 2.05) is 0 Å². The van der Waals surface area contributed by atoms with Crippen molar-refractivity contribution < 1.29 is 0 Å². The smallest absolute Gasteiger partial charge is 0.191 e. The Morgan fingerprint density at radius 3 is 2.67 bits per heavy atom. The summed E-state index contributed by atoms with van der Waals surface area (Å²) in [6.07, 6.45) is 10.7. The lowest BCUT2D eigenvalue weighted by molar-refractivity contribution is 0.191. The third kappa shape index (κ3) is 5.50. The molecule has 0 spiro atoms. The summed E-state index contributed by atoms with van der Waals surface area (Å²) in [5.74, 6) is 1.52. The molecule has 2 aliphatic rings. The maximum Gasteiger partial charge on any atom is 0.191 e. The number of nitrogens with zero attached hydrogens (tertiary/aromatic N) is 3. The average molecular weight is 294 g/mol.